The van der Waals surface area contributed by atoms with Gasteiger partial charge in [-0.3, -0.25) is 19.7 Å². The first kappa shape index (κ1) is 20.2. The summed E-state index contributed by atoms with van der Waals surface area (Å²) in [6, 6.07) is 5.64. The molecule has 0 spiro atoms. The number of benzene rings is 1. The maximum absolute atomic E-state index is 12.6. The fourth-order valence-electron chi connectivity index (χ4n) is 2.48. The third kappa shape index (κ3) is 4.48. The predicted octanol–water partition coefficient (Wildman–Crippen LogP) is 1.01. The maximum Gasteiger partial charge on any atom is 0.290 e. The lowest BCUT2D eigenvalue weighted by molar-refractivity contribution is -0.387. The molecular weight excluding hydrogens is 404 g/mol. The molecule has 1 saturated carbocycles. The molecule has 12 heteroatoms. The molecule has 0 unspecified atom stereocenters. The highest BCUT2D eigenvalue weighted by Gasteiger charge is 2.31. The van der Waals surface area contributed by atoms with E-state index in [9.17, 15) is 28.1 Å². The highest BCUT2D eigenvalue weighted by atomic mass is 32.2. The Morgan fingerprint density at radius 3 is 2.59 bits per heavy atom. The number of hydrogen-bond donors (Lipinski definition) is 2. The molecular formula is C17H16N4O7S. The number of nitrogens with one attached hydrogen (secondary N) is 2. The second-order valence-electron chi connectivity index (χ2n) is 6.18. The first-order valence-corrected chi connectivity index (χ1v) is 9.86. The van der Waals surface area contributed by atoms with E-state index in [0.717, 1.165) is 31.0 Å². The topological polar surface area (TPSA) is 158 Å². The summed E-state index contributed by atoms with van der Waals surface area (Å²) in [5, 5.41) is 14.1. The molecule has 0 aliphatic heterocycles. The zero-order valence-corrected chi connectivity index (χ0v) is 15.9. The smallest absolute Gasteiger partial charge is 0.290 e. The normalized spacial score (nSPS) is 13.4. The molecule has 2 N–H and O–H groups in total. The SMILES string of the molecule is COc1ncccc1C(=O)NS(=O)(=O)c1ccc(C(=O)NC2CC2)cc1[N+](=O)[O-]. The van der Waals surface area contributed by atoms with Gasteiger partial charge in [-0.15, -0.1) is 0 Å². The van der Waals surface area contributed by atoms with Crippen LogP contribution in [0.15, 0.2) is 41.4 Å². The van der Waals surface area contributed by atoms with Gasteiger partial charge in [-0.25, -0.2) is 18.1 Å². The molecule has 1 aromatic heterocycles. The van der Waals surface area contributed by atoms with Crippen LogP contribution in [-0.2, 0) is 10.0 Å². The van der Waals surface area contributed by atoms with Crippen LogP contribution in [-0.4, -0.2) is 43.3 Å². The number of carbonyl (C=O) groups is 2. The number of hydrogen-bond acceptors (Lipinski definition) is 8. The molecule has 1 aliphatic carbocycles. The lowest BCUT2D eigenvalue weighted by atomic mass is 10.2. The average Bonchev–Trinajstić information content (AvgIpc) is 3.51. The molecule has 0 radical (unpaired) electrons. The van der Waals surface area contributed by atoms with Gasteiger partial charge in [0.25, 0.3) is 27.5 Å². The van der Waals surface area contributed by atoms with Crippen molar-refractivity contribution in [2.75, 3.05) is 7.11 Å². The van der Waals surface area contributed by atoms with Gasteiger partial charge in [0.05, 0.1) is 12.0 Å². The van der Waals surface area contributed by atoms with E-state index < -0.39 is 37.3 Å². The standard InChI is InChI=1S/C17H16N4O7S/c1-28-17-12(3-2-8-18-17)16(23)20-29(26,27)14-7-4-10(9-13(14)21(24)25)15(22)19-11-5-6-11/h2-4,7-9,11H,5-6H2,1H3,(H,19,22)(H,20,23). The third-order valence-corrected chi connectivity index (χ3v) is 5.43. The van der Waals surface area contributed by atoms with Gasteiger partial charge < -0.3 is 10.1 Å². The second-order valence-corrected chi connectivity index (χ2v) is 7.83. The van der Waals surface area contributed by atoms with Gasteiger partial charge in [0, 0.05) is 23.9 Å². The van der Waals surface area contributed by atoms with E-state index in [-0.39, 0.29) is 23.0 Å². The van der Waals surface area contributed by atoms with Crippen LogP contribution in [0.5, 0.6) is 5.88 Å². The van der Waals surface area contributed by atoms with E-state index in [2.05, 4.69) is 10.3 Å². The van der Waals surface area contributed by atoms with Gasteiger partial charge in [0.1, 0.15) is 5.56 Å². The van der Waals surface area contributed by atoms with Crippen molar-refractivity contribution in [3.8, 4) is 5.88 Å². The van der Waals surface area contributed by atoms with Gasteiger partial charge in [0.2, 0.25) is 5.88 Å². The van der Waals surface area contributed by atoms with Crippen LogP contribution in [0.4, 0.5) is 5.69 Å². The molecule has 2 aromatic rings. The van der Waals surface area contributed by atoms with Gasteiger partial charge in [-0.2, -0.15) is 0 Å². The second kappa shape index (κ2) is 7.83. The molecule has 0 bridgehead atoms. The monoisotopic (exact) mass is 420 g/mol. The first-order valence-electron chi connectivity index (χ1n) is 8.38. The molecule has 0 saturated heterocycles. The number of nitro benzene ring substituents is 1. The number of carbonyl (C=O) groups excluding carboxylic acids is 2. The van der Waals surface area contributed by atoms with Crippen molar-refractivity contribution >= 4 is 27.5 Å². The highest BCUT2D eigenvalue weighted by Crippen LogP contribution is 2.26. The summed E-state index contributed by atoms with van der Waals surface area (Å²) in [6.45, 7) is 0. The van der Waals surface area contributed by atoms with Crippen molar-refractivity contribution in [1.82, 2.24) is 15.0 Å². The Morgan fingerprint density at radius 1 is 1.24 bits per heavy atom. The predicted molar refractivity (Wildman–Crippen MR) is 99.0 cm³/mol. The number of pyridine rings is 1. The minimum Gasteiger partial charge on any atom is -0.480 e. The van der Waals surface area contributed by atoms with E-state index in [1.807, 2.05) is 0 Å². The molecule has 0 atom stereocenters. The van der Waals surface area contributed by atoms with Gasteiger partial charge in [-0.1, -0.05) is 0 Å². The zero-order chi connectivity index (χ0) is 21.2. The minimum atomic E-state index is -4.62. The molecule has 3 rings (SSSR count). The van der Waals surface area contributed by atoms with Crippen molar-refractivity contribution in [3.63, 3.8) is 0 Å². The van der Waals surface area contributed by atoms with Gasteiger partial charge in [0.15, 0.2) is 4.90 Å². The fraction of sp³-hybridized carbons (Fsp3) is 0.235. The van der Waals surface area contributed by atoms with Crippen molar-refractivity contribution in [3.05, 3.63) is 57.8 Å². The van der Waals surface area contributed by atoms with E-state index in [4.69, 9.17) is 4.74 Å². The van der Waals surface area contributed by atoms with Gasteiger partial charge in [-0.05, 0) is 37.1 Å². The lowest BCUT2D eigenvalue weighted by Gasteiger charge is -2.10. The lowest BCUT2D eigenvalue weighted by Crippen LogP contribution is -2.31. The van der Waals surface area contributed by atoms with Crippen LogP contribution in [0.3, 0.4) is 0 Å². The van der Waals surface area contributed by atoms with Crippen molar-refractivity contribution in [2.45, 2.75) is 23.8 Å². The molecule has 152 valence electrons. The van der Waals surface area contributed by atoms with Gasteiger partial charge >= 0.3 is 0 Å². The summed E-state index contributed by atoms with van der Waals surface area (Å²) < 4.78 is 31.9. The number of methoxy groups -OCH3 is 1. The molecule has 29 heavy (non-hydrogen) atoms. The maximum atomic E-state index is 12.6. The Kier molecular flexibility index (Phi) is 5.46. The summed E-state index contributed by atoms with van der Waals surface area (Å²) >= 11 is 0. The summed E-state index contributed by atoms with van der Waals surface area (Å²) in [5.41, 5.74) is -1.05. The van der Waals surface area contributed by atoms with E-state index in [0.29, 0.717) is 0 Å². The number of amides is 2. The number of ether oxygens (including phenoxy) is 1. The van der Waals surface area contributed by atoms with Crippen LogP contribution < -0.4 is 14.8 Å². The Labute approximate surface area is 165 Å². The van der Waals surface area contributed by atoms with E-state index in [1.54, 1.807) is 4.72 Å². The molecule has 1 heterocycles. The largest absolute Gasteiger partial charge is 0.480 e. The van der Waals surface area contributed by atoms with E-state index in [1.165, 1.54) is 25.4 Å². The minimum absolute atomic E-state index is 0.0266. The fourth-order valence-corrected chi connectivity index (χ4v) is 3.60. The van der Waals surface area contributed by atoms with Crippen molar-refractivity contribution in [2.24, 2.45) is 0 Å². The van der Waals surface area contributed by atoms with Crippen LogP contribution in [0, 0.1) is 10.1 Å². The Bertz CT molecular complexity index is 1100. The molecule has 1 aliphatic rings. The zero-order valence-electron chi connectivity index (χ0n) is 15.1. The first-order chi connectivity index (χ1) is 13.7. The molecule has 2 amide bonds. The summed E-state index contributed by atoms with van der Waals surface area (Å²) in [4.78, 5) is 38.0. The van der Waals surface area contributed by atoms with Crippen LogP contribution in [0.25, 0.3) is 0 Å². The highest BCUT2D eigenvalue weighted by molar-refractivity contribution is 7.90. The van der Waals surface area contributed by atoms with Crippen LogP contribution in [0.1, 0.15) is 33.6 Å². The van der Waals surface area contributed by atoms with Crippen molar-refractivity contribution < 1.29 is 27.7 Å². The number of nitro groups is 1. The summed E-state index contributed by atoms with van der Waals surface area (Å²) in [7, 11) is -3.36. The third-order valence-electron chi connectivity index (χ3n) is 4.06. The Hall–Kier alpha value is -3.54. The Balaban J connectivity index is 1.91. The Morgan fingerprint density at radius 2 is 1.97 bits per heavy atom. The number of rotatable bonds is 7. The van der Waals surface area contributed by atoms with Crippen molar-refractivity contribution in [1.29, 1.82) is 0 Å². The molecule has 11 nitrogen and oxygen atoms in total. The van der Waals surface area contributed by atoms with Crippen LogP contribution >= 0.6 is 0 Å². The molecule has 1 aromatic carbocycles. The number of nitrogens with zero attached hydrogens (tertiary/aromatic N) is 2. The number of sulfonamides is 1. The van der Waals surface area contributed by atoms with E-state index >= 15 is 0 Å². The summed E-state index contributed by atoms with van der Waals surface area (Å²) in [5.74, 6) is -1.72. The van der Waals surface area contributed by atoms with Crippen LogP contribution in [0.2, 0.25) is 0 Å². The average molecular weight is 420 g/mol. The number of aromatic nitrogens is 1. The molecule has 1 fully saturated rings. The quantitative estimate of drug-likeness (QED) is 0.496. The summed E-state index contributed by atoms with van der Waals surface area (Å²) in [6.07, 6.45) is 2.99.